The minimum absolute atomic E-state index is 0.0308. The molecule has 0 saturated carbocycles. The highest BCUT2D eigenvalue weighted by Crippen LogP contribution is 2.36. The van der Waals surface area contributed by atoms with Crippen molar-refractivity contribution >= 4 is 11.8 Å². The third kappa shape index (κ3) is 4.78. The van der Waals surface area contributed by atoms with E-state index in [2.05, 4.69) is 5.32 Å². The Morgan fingerprint density at radius 2 is 2.00 bits per heavy atom. The van der Waals surface area contributed by atoms with E-state index in [-0.39, 0.29) is 36.5 Å². The number of aromatic nitrogens is 1. The van der Waals surface area contributed by atoms with Gasteiger partial charge in [0.2, 0.25) is 5.43 Å². The topological polar surface area (TPSA) is 110 Å². The van der Waals surface area contributed by atoms with Crippen molar-refractivity contribution in [3.63, 3.8) is 0 Å². The zero-order valence-corrected chi connectivity index (χ0v) is 19.3. The van der Waals surface area contributed by atoms with Crippen LogP contribution in [0.3, 0.4) is 0 Å². The summed E-state index contributed by atoms with van der Waals surface area (Å²) in [7, 11) is 0. The lowest BCUT2D eigenvalue weighted by Gasteiger charge is -2.50. The van der Waals surface area contributed by atoms with Crippen LogP contribution in [0, 0.1) is 11.6 Å². The second-order valence-corrected chi connectivity index (χ2v) is 8.61. The van der Waals surface area contributed by atoms with Crippen LogP contribution in [0.4, 0.5) is 8.78 Å². The van der Waals surface area contributed by atoms with Crippen LogP contribution in [0.5, 0.6) is 5.75 Å². The van der Waals surface area contributed by atoms with Gasteiger partial charge in [0.15, 0.2) is 11.4 Å². The molecule has 3 heterocycles. The molecule has 1 fully saturated rings. The van der Waals surface area contributed by atoms with E-state index in [1.165, 1.54) is 16.8 Å². The molecule has 0 bridgehead atoms. The smallest absolute Gasteiger partial charge is 0.275 e. The van der Waals surface area contributed by atoms with E-state index in [1.807, 2.05) is 6.92 Å². The molecule has 1 spiro atoms. The van der Waals surface area contributed by atoms with E-state index in [1.54, 1.807) is 4.90 Å². The number of amides is 2. The van der Waals surface area contributed by atoms with Gasteiger partial charge in [0.1, 0.15) is 17.2 Å². The van der Waals surface area contributed by atoms with E-state index in [0.717, 1.165) is 6.07 Å². The Hall–Kier alpha value is -3.31. The minimum atomic E-state index is -1.01. The van der Waals surface area contributed by atoms with Crippen molar-refractivity contribution in [3.8, 4) is 5.75 Å². The van der Waals surface area contributed by atoms with Crippen LogP contribution < -0.4 is 10.7 Å². The van der Waals surface area contributed by atoms with Crippen molar-refractivity contribution in [2.75, 3.05) is 33.0 Å². The number of pyridine rings is 1. The molecule has 0 radical (unpaired) electrons. The van der Waals surface area contributed by atoms with Gasteiger partial charge in [-0.3, -0.25) is 14.4 Å². The third-order valence-electron chi connectivity index (χ3n) is 6.53. The molecule has 188 valence electrons. The Balaban J connectivity index is 1.65. The molecule has 0 unspecified atom stereocenters. The summed E-state index contributed by atoms with van der Waals surface area (Å²) in [5.41, 5.74) is -2.17. The summed E-state index contributed by atoms with van der Waals surface area (Å²) in [6, 6.07) is 2.93. The van der Waals surface area contributed by atoms with Gasteiger partial charge in [-0.1, -0.05) is 6.07 Å². The number of benzene rings is 1. The molecule has 11 heteroatoms. The van der Waals surface area contributed by atoms with Gasteiger partial charge in [-0.15, -0.1) is 0 Å². The number of carbonyl (C=O) groups excluding carboxylic acids is 2. The first kappa shape index (κ1) is 24.8. The average Bonchev–Trinajstić information content (AvgIpc) is 2.83. The van der Waals surface area contributed by atoms with Crippen LogP contribution in [0.15, 0.2) is 29.2 Å². The first-order chi connectivity index (χ1) is 16.8. The van der Waals surface area contributed by atoms with E-state index in [9.17, 15) is 28.3 Å². The fourth-order valence-corrected chi connectivity index (χ4v) is 4.66. The summed E-state index contributed by atoms with van der Waals surface area (Å²) >= 11 is 0. The van der Waals surface area contributed by atoms with Crippen molar-refractivity contribution in [3.05, 3.63) is 63.1 Å². The quantitative estimate of drug-likeness (QED) is 0.572. The minimum Gasteiger partial charge on any atom is -0.503 e. The van der Waals surface area contributed by atoms with Crippen LogP contribution in [0.1, 0.15) is 46.2 Å². The van der Waals surface area contributed by atoms with Gasteiger partial charge in [0.25, 0.3) is 11.8 Å². The monoisotopic (exact) mass is 491 g/mol. The van der Waals surface area contributed by atoms with Crippen molar-refractivity contribution < 1.29 is 33.0 Å². The molecule has 1 aromatic heterocycles. The highest BCUT2D eigenvalue weighted by Gasteiger charge is 2.47. The van der Waals surface area contributed by atoms with Crippen LogP contribution in [0.25, 0.3) is 0 Å². The van der Waals surface area contributed by atoms with Crippen molar-refractivity contribution in [1.82, 2.24) is 14.8 Å². The maximum absolute atomic E-state index is 13.9. The zero-order valence-electron chi connectivity index (χ0n) is 19.3. The standard InChI is InChI=1S/C24H27F2N3O6/c1-2-34-10-7-29-23(33)19-21(31)20(30)17(13-28(19)14-24(29)5-8-35-9-6-24)22(32)27-12-15-3-4-16(25)11-18(15)26/h3-4,11,13,31H,2,5-10,12,14H2,1H3,(H,27,32). The number of rotatable bonds is 7. The highest BCUT2D eigenvalue weighted by atomic mass is 19.1. The second-order valence-electron chi connectivity index (χ2n) is 8.61. The Kier molecular flexibility index (Phi) is 7.18. The van der Waals surface area contributed by atoms with E-state index >= 15 is 0 Å². The van der Waals surface area contributed by atoms with Crippen LogP contribution in [-0.4, -0.2) is 64.9 Å². The fraction of sp³-hybridized carbons (Fsp3) is 0.458. The molecule has 4 rings (SSSR count). The lowest BCUT2D eigenvalue weighted by molar-refractivity contribution is -0.0432. The number of hydrogen-bond acceptors (Lipinski definition) is 6. The van der Waals surface area contributed by atoms with Gasteiger partial charge in [0.05, 0.1) is 12.1 Å². The van der Waals surface area contributed by atoms with E-state index in [4.69, 9.17) is 9.47 Å². The third-order valence-corrected chi connectivity index (χ3v) is 6.53. The number of nitrogens with zero attached hydrogens (tertiary/aromatic N) is 2. The number of carbonyl (C=O) groups is 2. The first-order valence-corrected chi connectivity index (χ1v) is 11.4. The zero-order chi connectivity index (χ0) is 25.2. The lowest BCUT2D eigenvalue weighted by atomic mass is 9.85. The predicted octanol–water partition coefficient (Wildman–Crippen LogP) is 1.80. The van der Waals surface area contributed by atoms with Gasteiger partial charge in [0, 0.05) is 57.3 Å². The van der Waals surface area contributed by atoms with Gasteiger partial charge in [-0.25, -0.2) is 8.78 Å². The lowest BCUT2D eigenvalue weighted by Crippen LogP contribution is -2.61. The SMILES string of the molecule is CCOCCN1C(=O)c2c(O)c(=O)c(C(=O)NCc3ccc(F)cc3F)cn2CC12CCOCC2. The number of halogens is 2. The average molecular weight is 491 g/mol. The molecule has 0 atom stereocenters. The largest absolute Gasteiger partial charge is 0.503 e. The van der Waals surface area contributed by atoms with Crippen molar-refractivity contribution in [2.45, 2.75) is 38.4 Å². The van der Waals surface area contributed by atoms with E-state index in [0.29, 0.717) is 45.3 Å². The molecular formula is C24H27F2N3O6. The molecule has 0 aliphatic carbocycles. The van der Waals surface area contributed by atoms with E-state index < -0.39 is 40.2 Å². The molecule has 9 nitrogen and oxygen atoms in total. The number of fused-ring (bicyclic) bond motifs is 1. The summed E-state index contributed by atoms with van der Waals surface area (Å²) in [5, 5.41) is 13.1. The highest BCUT2D eigenvalue weighted by molar-refractivity contribution is 5.99. The normalized spacial score (nSPS) is 16.9. The van der Waals surface area contributed by atoms with Crippen molar-refractivity contribution in [2.24, 2.45) is 0 Å². The Labute approximate surface area is 200 Å². The predicted molar refractivity (Wildman–Crippen MR) is 120 cm³/mol. The van der Waals surface area contributed by atoms with Gasteiger partial charge in [-0.2, -0.15) is 0 Å². The number of aromatic hydroxyl groups is 1. The molecule has 1 saturated heterocycles. The molecule has 2 N–H and O–H groups in total. The summed E-state index contributed by atoms with van der Waals surface area (Å²) in [4.78, 5) is 40.7. The summed E-state index contributed by atoms with van der Waals surface area (Å²) in [5.74, 6) is -3.78. The summed E-state index contributed by atoms with van der Waals surface area (Å²) in [6.07, 6.45) is 2.34. The Morgan fingerprint density at radius 3 is 2.69 bits per heavy atom. The van der Waals surface area contributed by atoms with Gasteiger partial charge < -0.3 is 29.4 Å². The Morgan fingerprint density at radius 1 is 1.26 bits per heavy atom. The second kappa shape index (κ2) is 10.1. The molecule has 2 aromatic rings. The molecule has 1 aromatic carbocycles. The summed E-state index contributed by atoms with van der Waals surface area (Å²) in [6.45, 7) is 3.76. The van der Waals surface area contributed by atoms with Crippen LogP contribution in [0.2, 0.25) is 0 Å². The molecule has 2 aliphatic heterocycles. The number of nitrogens with one attached hydrogen (secondary N) is 1. The van der Waals surface area contributed by atoms with Crippen LogP contribution >= 0.6 is 0 Å². The molecule has 2 aliphatic rings. The van der Waals surface area contributed by atoms with Gasteiger partial charge >= 0.3 is 0 Å². The first-order valence-electron chi connectivity index (χ1n) is 11.4. The number of hydrogen-bond donors (Lipinski definition) is 2. The van der Waals surface area contributed by atoms with Crippen LogP contribution in [-0.2, 0) is 22.6 Å². The van der Waals surface area contributed by atoms with Crippen molar-refractivity contribution in [1.29, 1.82) is 0 Å². The maximum Gasteiger partial charge on any atom is 0.275 e. The Bertz CT molecular complexity index is 1190. The maximum atomic E-state index is 13.9. The molecule has 35 heavy (non-hydrogen) atoms. The van der Waals surface area contributed by atoms with Gasteiger partial charge in [-0.05, 0) is 25.8 Å². The summed E-state index contributed by atoms with van der Waals surface area (Å²) < 4.78 is 39.4. The molecular weight excluding hydrogens is 464 g/mol. The number of ether oxygens (including phenoxy) is 2. The molecule has 2 amide bonds. The fourth-order valence-electron chi connectivity index (χ4n) is 4.66.